The standard InChI is InChI=1S/2C17H21S.2ClH.2Ti/c2*1-4-13-18-16-12-8-7-11-15(16)17(2,3)14-9-5-6-10-14;;;;/h2*5,7-9,11-12H,4,6,13H2,1-3H3;2*1H;;/q2*-1;;;2*+2/p-2. The Labute approximate surface area is 295 Å². The van der Waals surface area contributed by atoms with Gasteiger partial charge in [-0.05, 0) is 58.4 Å². The van der Waals surface area contributed by atoms with Crippen molar-refractivity contribution in [2.24, 2.45) is 0 Å². The van der Waals surface area contributed by atoms with Crippen molar-refractivity contribution in [1.29, 1.82) is 0 Å². The first-order chi connectivity index (χ1) is 17.3. The maximum Gasteiger partial charge on any atom is 2.00 e. The van der Waals surface area contributed by atoms with E-state index in [2.05, 4.69) is 127 Å². The molecule has 0 fully saturated rings. The molecule has 0 aliphatic heterocycles. The van der Waals surface area contributed by atoms with Crippen LogP contribution in [-0.4, -0.2) is 11.5 Å². The zero-order chi connectivity index (χ0) is 26.0. The summed E-state index contributed by atoms with van der Waals surface area (Å²) >= 11 is 3.93. The topological polar surface area (TPSA) is 0 Å². The number of halogens is 2. The molecule has 0 aromatic heterocycles. The summed E-state index contributed by atoms with van der Waals surface area (Å²) in [6.07, 6.45) is 20.1. The van der Waals surface area contributed by atoms with Crippen LogP contribution in [0.1, 0.15) is 78.4 Å². The van der Waals surface area contributed by atoms with E-state index >= 15 is 0 Å². The van der Waals surface area contributed by atoms with E-state index in [0.717, 1.165) is 12.8 Å². The molecule has 212 valence electrons. The zero-order valence-corrected chi connectivity index (χ0v) is 31.0. The fraction of sp³-hybridized carbons (Fsp3) is 0.412. The summed E-state index contributed by atoms with van der Waals surface area (Å²) in [5.74, 6) is 2.37. The van der Waals surface area contributed by atoms with Gasteiger partial charge in [0.15, 0.2) is 0 Å². The number of allylic oxidation sites excluding steroid dienone is 8. The smallest absolute Gasteiger partial charge is 1.00 e. The summed E-state index contributed by atoms with van der Waals surface area (Å²) in [6, 6.07) is 17.6. The summed E-state index contributed by atoms with van der Waals surface area (Å²) in [5, 5.41) is 0. The quantitative estimate of drug-likeness (QED) is 0.209. The minimum Gasteiger partial charge on any atom is -1.00 e. The second-order valence-electron chi connectivity index (χ2n) is 10.3. The Morgan fingerprint density at radius 2 is 0.975 bits per heavy atom. The molecule has 0 bridgehead atoms. The van der Waals surface area contributed by atoms with Gasteiger partial charge < -0.3 is 24.8 Å². The summed E-state index contributed by atoms with van der Waals surface area (Å²) in [6.45, 7) is 13.7. The largest absolute Gasteiger partial charge is 2.00 e. The molecule has 2 aliphatic rings. The average molecular weight is 681 g/mol. The molecular formula is C34H42Cl2S2Ti2. The second kappa shape index (κ2) is 20.9. The molecule has 0 unspecified atom stereocenters. The normalized spacial score (nSPS) is 13.4. The van der Waals surface area contributed by atoms with Crippen LogP contribution in [0.15, 0.2) is 93.8 Å². The van der Waals surface area contributed by atoms with Gasteiger partial charge in [-0.15, -0.1) is 36.4 Å². The summed E-state index contributed by atoms with van der Waals surface area (Å²) in [5.41, 5.74) is 5.63. The molecule has 0 amide bonds. The summed E-state index contributed by atoms with van der Waals surface area (Å²) < 4.78 is 0. The number of hydrogen-bond acceptors (Lipinski definition) is 2. The predicted molar refractivity (Wildman–Crippen MR) is 162 cm³/mol. The van der Waals surface area contributed by atoms with Crippen LogP contribution < -0.4 is 24.8 Å². The number of thioether (sulfide) groups is 2. The predicted octanol–water partition coefficient (Wildman–Crippen LogP) is 4.31. The monoisotopic (exact) mass is 680 g/mol. The average Bonchev–Trinajstić information content (AvgIpc) is 3.62. The van der Waals surface area contributed by atoms with Crippen LogP contribution in [0.2, 0.25) is 0 Å². The van der Waals surface area contributed by atoms with E-state index in [0.29, 0.717) is 0 Å². The zero-order valence-electron chi connectivity index (χ0n) is 24.7. The molecule has 0 spiro atoms. The Kier molecular flexibility index (Phi) is 22.1. The first-order valence-corrected chi connectivity index (χ1v) is 15.3. The molecule has 2 aromatic carbocycles. The van der Waals surface area contributed by atoms with E-state index in [9.17, 15) is 0 Å². The van der Waals surface area contributed by atoms with E-state index in [1.165, 1.54) is 56.4 Å². The molecule has 0 radical (unpaired) electrons. The molecule has 2 aromatic rings. The van der Waals surface area contributed by atoms with Crippen LogP contribution in [0.3, 0.4) is 0 Å². The van der Waals surface area contributed by atoms with Crippen LogP contribution in [0.25, 0.3) is 0 Å². The van der Waals surface area contributed by atoms with Gasteiger partial charge in [-0.3, -0.25) is 12.2 Å². The van der Waals surface area contributed by atoms with Gasteiger partial charge in [0, 0.05) is 9.79 Å². The van der Waals surface area contributed by atoms with Crippen molar-refractivity contribution in [2.75, 3.05) is 11.5 Å². The van der Waals surface area contributed by atoms with Crippen molar-refractivity contribution >= 4 is 23.5 Å². The van der Waals surface area contributed by atoms with Gasteiger partial charge in [0.05, 0.1) is 0 Å². The molecule has 2 aliphatic carbocycles. The van der Waals surface area contributed by atoms with Crippen molar-refractivity contribution in [3.8, 4) is 0 Å². The van der Waals surface area contributed by atoms with Crippen molar-refractivity contribution in [3.05, 3.63) is 107 Å². The molecule has 40 heavy (non-hydrogen) atoms. The van der Waals surface area contributed by atoms with E-state index in [1.807, 2.05) is 23.5 Å². The molecule has 0 N–H and O–H groups in total. The van der Waals surface area contributed by atoms with Crippen LogP contribution in [-0.2, 0) is 54.3 Å². The summed E-state index contributed by atoms with van der Waals surface area (Å²) in [4.78, 5) is 2.83. The molecular weight excluding hydrogens is 639 g/mol. The minimum absolute atomic E-state index is 0. The fourth-order valence-electron chi connectivity index (χ4n) is 4.60. The van der Waals surface area contributed by atoms with Crippen LogP contribution in [0.4, 0.5) is 0 Å². The fourth-order valence-corrected chi connectivity index (χ4v) is 6.75. The van der Waals surface area contributed by atoms with Crippen LogP contribution >= 0.6 is 23.5 Å². The Morgan fingerprint density at radius 3 is 1.27 bits per heavy atom. The molecule has 0 saturated heterocycles. The third-order valence-corrected chi connectivity index (χ3v) is 9.34. The van der Waals surface area contributed by atoms with Gasteiger partial charge in [-0.1, -0.05) is 77.9 Å². The number of hydrogen-bond donors (Lipinski definition) is 0. The molecule has 6 heteroatoms. The van der Waals surface area contributed by atoms with Gasteiger partial charge in [0.1, 0.15) is 0 Å². The van der Waals surface area contributed by atoms with E-state index in [-0.39, 0.29) is 79.1 Å². The van der Waals surface area contributed by atoms with Gasteiger partial charge in [-0.25, -0.2) is 23.3 Å². The van der Waals surface area contributed by atoms with Crippen LogP contribution in [0, 0.1) is 12.2 Å². The third-order valence-electron chi connectivity index (χ3n) is 6.78. The molecule has 0 atom stereocenters. The molecule has 0 heterocycles. The molecule has 4 rings (SSSR count). The second-order valence-corrected chi connectivity index (χ2v) is 12.6. The minimum atomic E-state index is 0. The Hall–Kier alpha value is 0.109. The van der Waals surface area contributed by atoms with E-state index < -0.39 is 0 Å². The van der Waals surface area contributed by atoms with Gasteiger partial charge in [-0.2, -0.15) is 12.2 Å². The van der Waals surface area contributed by atoms with Crippen molar-refractivity contribution < 1.29 is 68.2 Å². The van der Waals surface area contributed by atoms with Crippen molar-refractivity contribution in [2.45, 2.75) is 87.8 Å². The van der Waals surface area contributed by atoms with Gasteiger partial charge in [0.2, 0.25) is 0 Å². The van der Waals surface area contributed by atoms with Crippen molar-refractivity contribution in [3.63, 3.8) is 0 Å². The Bertz CT molecular complexity index is 1040. The third kappa shape index (κ3) is 11.3. The maximum absolute atomic E-state index is 3.47. The first kappa shape index (κ1) is 42.2. The Morgan fingerprint density at radius 1 is 0.625 bits per heavy atom. The maximum atomic E-state index is 3.47. The van der Waals surface area contributed by atoms with Gasteiger partial charge >= 0.3 is 43.4 Å². The molecule has 0 saturated carbocycles. The Balaban J connectivity index is 0. The number of rotatable bonds is 10. The van der Waals surface area contributed by atoms with Crippen molar-refractivity contribution in [1.82, 2.24) is 0 Å². The van der Waals surface area contributed by atoms with E-state index in [4.69, 9.17) is 0 Å². The van der Waals surface area contributed by atoms with Crippen LogP contribution in [0.5, 0.6) is 0 Å². The molecule has 0 nitrogen and oxygen atoms in total. The number of benzene rings is 2. The first-order valence-electron chi connectivity index (χ1n) is 13.3. The van der Waals surface area contributed by atoms with E-state index in [1.54, 1.807) is 0 Å². The van der Waals surface area contributed by atoms with Gasteiger partial charge in [0.25, 0.3) is 0 Å². The SMILES string of the molecule is CCCSc1ccccc1C(C)(C)C1=[C-]CC=C1.CCCSc1ccccc1C(C)(C)C1=[C-]CC=C1.[Cl-].[Cl-].[Ti+2].[Ti+2]. The summed E-state index contributed by atoms with van der Waals surface area (Å²) in [7, 11) is 0.